The summed E-state index contributed by atoms with van der Waals surface area (Å²) in [7, 11) is 0. The smallest absolute Gasteiger partial charge is 0.0233 e. The molecule has 1 aliphatic rings. The second kappa shape index (κ2) is 3.43. The lowest BCUT2D eigenvalue weighted by Crippen LogP contribution is -2.39. The average Bonchev–Trinajstić information content (AvgIpc) is 1.96. The first-order valence-electron chi connectivity index (χ1n) is 4.66. The summed E-state index contributed by atoms with van der Waals surface area (Å²) in [4.78, 5) is 0. The van der Waals surface area contributed by atoms with Crippen LogP contribution in [0.1, 0.15) is 22.6 Å². The van der Waals surface area contributed by atoms with E-state index >= 15 is 0 Å². The fraction of sp³-hybridized carbons (Fsp3) is 0.455. The van der Waals surface area contributed by atoms with Crippen molar-refractivity contribution in [2.24, 2.45) is 0 Å². The summed E-state index contributed by atoms with van der Waals surface area (Å²) in [6.45, 7) is 6.60. The molecule has 2 heteroatoms. The Labute approximate surface area is 87.7 Å². The lowest BCUT2D eigenvalue weighted by Gasteiger charge is -2.28. The van der Waals surface area contributed by atoms with Crippen molar-refractivity contribution in [2.45, 2.75) is 19.8 Å². The van der Waals surface area contributed by atoms with E-state index in [4.69, 9.17) is 0 Å². The van der Waals surface area contributed by atoms with Crippen LogP contribution in [0.25, 0.3) is 0 Å². The van der Waals surface area contributed by atoms with E-state index in [2.05, 4.69) is 47.2 Å². The predicted octanol–water partition coefficient (Wildman–Crippen LogP) is 2.75. The minimum Gasteiger partial charge on any atom is -0.315 e. The van der Waals surface area contributed by atoms with Crippen molar-refractivity contribution < 1.29 is 0 Å². The summed E-state index contributed by atoms with van der Waals surface area (Å²) >= 11 is 3.59. The van der Waals surface area contributed by atoms with Gasteiger partial charge in [0.25, 0.3) is 0 Å². The van der Waals surface area contributed by atoms with Gasteiger partial charge in [-0.2, -0.15) is 0 Å². The zero-order chi connectivity index (χ0) is 9.42. The zero-order valence-electron chi connectivity index (χ0n) is 8.02. The van der Waals surface area contributed by atoms with Gasteiger partial charge in [-0.05, 0) is 30.5 Å². The monoisotopic (exact) mass is 239 g/mol. The van der Waals surface area contributed by atoms with E-state index in [-0.39, 0.29) is 0 Å². The molecule has 1 aromatic carbocycles. The quantitative estimate of drug-likeness (QED) is 0.795. The van der Waals surface area contributed by atoms with Crippen molar-refractivity contribution in [3.05, 3.63) is 33.3 Å². The number of rotatable bonds is 1. The highest BCUT2D eigenvalue weighted by Crippen LogP contribution is 2.27. The molecule has 1 nitrogen and oxygen atoms in total. The maximum absolute atomic E-state index is 3.59. The number of aryl methyl sites for hydroxylation is 2. The molecule has 0 amide bonds. The van der Waals surface area contributed by atoms with Gasteiger partial charge >= 0.3 is 0 Å². The summed E-state index contributed by atoms with van der Waals surface area (Å²) in [5.74, 6) is 0.741. The second-order valence-electron chi connectivity index (χ2n) is 3.82. The second-order valence-corrected chi connectivity index (χ2v) is 4.62. The molecule has 0 aromatic heterocycles. The van der Waals surface area contributed by atoms with E-state index in [9.17, 15) is 0 Å². The van der Waals surface area contributed by atoms with E-state index in [1.54, 1.807) is 0 Å². The third-order valence-corrected chi connectivity index (χ3v) is 3.96. The lowest BCUT2D eigenvalue weighted by molar-refractivity contribution is 0.448. The van der Waals surface area contributed by atoms with Gasteiger partial charge in [0.05, 0.1) is 0 Å². The van der Waals surface area contributed by atoms with Crippen molar-refractivity contribution >= 4 is 15.9 Å². The summed E-state index contributed by atoms with van der Waals surface area (Å²) in [5, 5.41) is 3.30. The van der Waals surface area contributed by atoms with Gasteiger partial charge in [-0.25, -0.2) is 0 Å². The van der Waals surface area contributed by atoms with E-state index in [1.807, 2.05) is 0 Å². The Morgan fingerprint density at radius 2 is 1.77 bits per heavy atom. The Kier molecular flexibility index (Phi) is 2.43. The molecule has 0 aliphatic carbocycles. The van der Waals surface area contributed by atoms with Crippen LogP contribution in [0.5, 0.6) is 0 Å². The lowest BCUT2D eigenvalue weighted by atomic mass is 9.91. The fourth-order valence-electron chi connectivity index (χ4n) is 1.74. The van der Waals surface area contributed by atoms with Crippen LogP contribution in [0.4, 0.5) is 0 Å². The highest BCUT2D eigenvalue weighted by atomic mass is 79.9. The summed E-state index contributed by atoms with van der Waals surface area (Å²) in [6.07, 6.45) is 0. The van der Waals surface area contributed by atoms with Crippen LogP contribution in [-0.4, -0.2) is 13.1 Å². The molecule has 1 N–H and O–H groups in total. The standard InChI is InChI=1S/C11H14BrN/c1-7-3-9(10-5-13-6-10)4-8(2)11(7)12/h3-4,10,13H,5-6H2,1-2H3. The van der Waals surface area contributed by atoms with Crippen LogP contribution in [0.2, 0.25) is 0 Å². The molecule has 0 bridgehead atoms. The highest BCUT2D eigenvalue weighted by Gasteiger charge is 2.19. The molecular weight excluding hydrogens is 226 g/mol. The summed E-state index contributed by atoms with van der Waals surface area (Å²) in [5.41, 5.74) is 4.18. The van der Waals surface area contributed by atoms with Crippen molar-refractivity contribution in [1.82, 2.24) is 5.32 Å². The summed E-state index contributed by atoms with van der Waals surface area (Å²) < 4.78 is 1.25. The molecule has 2 rings (SSSR count). The molecular formula is C11H14BrN. The minimum absolute atomic E-state index is 0.741. The van der Waals surface area contributed by atoms with Crippen LogP contribution in [-0.2, 0) is 0 Å². The SMILES string of the molecule is Cc1cc(C2CNC2)cc(C)c1Br. The number of benzene rings is 1. The maximum atomic E-state index is 3.59. The van der Waals surface area contributed by atoms with Crippen LogP contribution in [0, 0.1) is 13.8 Å². The van der Waals surface area contributed by atoms with Crippen LogP contribution in [0.15, 0.2) is 16.6 Å². The molecule has 1 fully saturated rings. The van der Waals surface area contributed by atoms with Crippen LogP contribution >= 0.6 is 15.9 Å². The Hall–Kier alpha value is -0.340. The molecule has 0 radical (unpaired) electrons. The minimum atomic E-state index is 0.741. The van der Waals surface area contributed by atoms with Gasteiger partial charge in [-0.15, -0.1) is 0 Å². The Morgan fingerprint density at radius 3 is 2.15 bits per heavy atom. The van der Waals surface area contributed by atoms with E-state index in [0.717, 1.165) is 19.0 Å². The highest BCUT2D eigenvalue weighted by molar-refractivity contribution is 9.10. The Bertz CT molecular complexity index is 306. The maximum Gasteiger partial charge on any atom is 0.0233 e. The first kappa shape index (κ1) is 9.22. The average molecular weight is 240 g/mol. The fourth-order valence-corrected chi connectivity index (χ4v) is 1.97. The third-order valence-electron chi connectivity index (χ3n) is 2.71. The number of nitrogens with one attached hydrogen (secondary N) is 1. The largest absolute Gasteiger partial charge is 0.315 e. The molecule has 1 heterocycles. The third kappa shape index (κ3) is 1.65. The summed E-state index contributed by atoms with van der Waals surface area (Å²) in [6, 6.07) is 4.59. The first-order valence-corrected chi connectivity index (χ1v) is 5.45. The molecule has 70 valence electrons. The van der Waals surface area contributed by atoms with Gasteiger partial charge in [0.2, 0.25) is 0 Å². The topological polar surface area (TPSA) is 12.0 Å². The van der Waals surface area contributed by atoms with Gasteiger partial charge in [-0.3, -0.25) is 0 Å². The molecule has 0 unspecified atom stereocenters. The van der Waals surface area contributed by atoms with Gasteiger partial charge in [0, 0.05) is 23.5 Å². The Balaban J connectivity index is 2.37. The first-order chi connectivity index (χ1) is 6.18. The molecule has 0 saturated carbocycles. The molecule has 0 atom stereocenters. The molecule has 0 spiro atoms. The van der Waals surface area contributed by atoms with Crippen LogP contribution in [0.3, 0.4) is 0 Å². The van der Waals surface area contributed by atoms with Crippen molar-refractivity contribution in [2.75, 3.05) is 13.1 Å². The molecule has 1 saturated heterocycles. The molecule has 1 aliphatic heterocycles. The van der Waals surface area contributed by atoms with Gasteiger partial charge in [0.1, 0.15) is 0 Å². The van der Waals surface area contributed by atoms with Crippen LogP contribution < -0.4 is 5.32 Å². The number of hydrogen-bond donors (Lipinski definition) is 1. The van der Waals surface area contributed by atoms with E-state index < -0.39 is 0 Å². The van der Waals surface area contributed by atoms with Crippen molar-refractivity contribution in [3.63, 3.8) is 0 Å². The van der Waals surface area contributed by atoms with Crippen molar-refractivity contribution in [1.29, 1.82) is 0 Å². The molecule has 1 aromatic rings. The van der Waals surface area contributed by atoms with Gasteiger partial charge < -0.3 is 5.32 Å². The zero-order valence-corrected chi connectivity index (χ0v) is 9.61. The van der Waals surface area contributed by atoms with Gasteiger partial charge in [0.15, 0.2) is 0 Å². The Morgan fingerprint density at radius 1 is 1.23 bits per heavy atom. The van der Waals surface area contributed by atoms with Crippen molar-refractivity contribution in [3.8, 4) is 0 Å². The normalized spacial score (nSPS) is 17.2. The predicted molar refractivity (Wildman–Crippen MR) is 59.2 cm³/mol. The van der Waals surface area contributed by atoms with E-state index in [0.29, 0.717) is 0 Å². The molecule has 13 heavy (non-hydrogen) atoms. The van der Waals surface area contributed by atoms with Gasteiger partial charge in [-0.1, -0.05) is 28.1 Å². The number of halogens is 1. The van der Waals surface area contributed by atoms with E-state index in [1.165, 1.54) is 21.2 Å². The number of hydrogen-bond acceptors (Lipinski definition) is 1.